The molecule has 2 fully saturated rings. The molecule has 0 N–H and O–H groups in total. The number of anilines is 1. The van der Waals surface area contributed by atoms with Gasteiger partial charge in [0.15, 0.2) is 0 Å². The lowest BCUT2D eigenvalue weighted by atomic mass is 10.0. The van der Waals surface area contributed by atoms with E-state index in [1.54, 1.807) is 6.20 Å². The van der Waals surface area contributed by atoms with Gasteiger partial charge in [0.1, 0.15) is 0 Å². The number of aromatic nitrogens is 3. The van der Waals surface area contributed by atoms with Crippen molar-refractivity contribution in [3.05, 3.63) is 24.0 Å². The summed E-state index contributed by atoms with van der Waals surface area (Å²) >= 11 is 0. The molecule has 29 heavy (non-hydrogen) atoms. The Bertz CT molecular complexity index is 686. The van der Waals surface area contributed by atoms with Gasteiger partial charge in [0.25, 0.3) is 5.89 Å². The van der Waals surface area contributed by atoms with Crippen molar-refractivity contribution < 1.29 is 4.42 Å². The first-order valence-electron chi connectivity index (χ1n) is 11.1. The first-order valence-corrected chi connectivity index (χ1v) is 11.1. The Balaban J connectivity index is 0.000000707. The van der Waals surface area contributed by atoms with Crippen molar-refractivity contribution in [3.63, 3.8) is 0 Å². The molecule has 162 valence electrons. The molecular formula is C22H38N6O. The predicted molar refractivity (Wildman–Crippen MR) is 119 cm³/mol. The molecule has 0 spiro atoms. The van der Waals surface area contributed by atoms with Gasteiger partial charge in [-0.2, -0.15) is 0 Å². The van der Waals surface area contributed by atoms with E-state index in [9.17, 15) is 0 Å². The van der Waals surface area contributed by atoms with Crippen molar-refractivity contribution in [3.8, 4) is 11.5 Å². The van der Waals surface area contributed by atoms with Gasteiger partial charge in [-0.05, 0) is 38.9 Å². The van der Waals surface area contributed by atoms with Crippen LogP contribution in [-0.4, -0.2) is 77.3 Å². The van der Waals surface area contributed by atoms with Crippen LogP contribution >= 0.6 is 0 Å². The third-order valence-corrected chi connectivity index (χ3v) is 5.36. The van der Waals surface area contributed by atoms with E-state index < -0.39 is 0 Å². The molecule has 0 radical (unpaired) electrons. The van der Waals surface area contributed by atoms with Gasteiger partial charge in [0, 0.05) is 57.2 Å². The van der Waals surface area contributed by atoms with E-state index in [1.165, 1.54) is 26.2 Å². The molecule has 0 amide bonds. The van der Waals surface area contributed by atoms with E-state index in [0.29, 0.717) is 17.9 Å². The van der Waals surface area contributed by atoms with E-state index in [4.69, 9.17) is 4.42 Å². The molecule has 0 unspecified atom stereocenters. The molecule has 4 heterocycles. The highest BCUT2D eigenvalue weighted by Gasteiger charge is 2.28. The maximum Gasteiger partial charge on any atom is 0.318 e. The first-order chi connectivity index (χ1) is 14.2. The van der Waals surface area contributed by atoms with Crippen LogP contribution < -0.4 is 4.90 Å². The van der Waals surface area contributed by atoms with Gasteiger partial charge in [0.05, 0.1) is 5.56 Å². The van der Waals surface area contributed by atoms with Crippen LogP contribution in [0.4, 0.5) is 6.01 Å². The molecule has 2 saturated heterocycles. The normalized spacial score (nSPS) is 18.5. The molecular weight excluding hydrogens is 364 g/mol. The van der Waals surface area contributed by atoms with Gasteiger partial charge in [0.2, 0.25) is 0 Å². The van der Waals surface area contributed by atoms with Crippen LogP contribution in [0.25, 0.3) is 11.5 Å². The predicted octanol–water partition coefficient (Wildman–Crippen LogP) is 3.71. The standard InChI is InChI=1S/C18H26N6O.2C2H6/c1-14-3-4-15(13-19-14)17-20-21-18(25-17)24-7-5-16(6-8-24)23-11-9-22(2)10-12-23;2*1-2/h3-4,13,16H,5-12H2,1-2H3;2*1-2H3. The lowest BCUT2D eigenvalue weighted by Gasteiger charge is -2.41. The molecule has 2 aromatic heterocycles. The van der Waals surface area contributed by atoms with Crippen LogP contribution in [0.2, 0.25) is 0 Å². The molecule has 0 aromatic carbocycles. The molecule has 2 aliphatic rings. The zero-order valence-electron chi connectivity index (χ0n) is 19.1. The Morgan fingerprint density at radius 3 is 2.14 bits per heavy atom. The summed E-state index contributed by atoms with van der Waals surface area (Å²) in [5.41, 5.74) is 1.85. The molecule has 0 bridgehead atoms. The third kappa shape index (κ3) is 6.24. The summed E-state index contributed by atoms with van der Waals surface area (Å²) in [6, 6.07) is 5.25. The summed E-state index contributed by atoms with van der Waals surface area (Å²) in [5, 5.41) is 8.44. The summed E-state index contributed by atoms with van der Waals surface area (Å²) in [7, 11) is 2.21. The minimum atomic E-state index is 0.545. The van der Waals surface area contributed by atoms with Gasteiger partial charge in [-0.1, -0.05) is 32.8 Å². The highest BCUT2D eigenvalue weighted by Crippen LogP contribution is 2.25. The van der Waals surface area contributed by atoms with Crippen molar-refractivity contribution in [2.45, 2.75) is 53.5 Å². The lowest BCUT2D eigenvalue weighted by molar-refractivity contribution is 0.0976. The quantitative estimate of drug-likeness (QED) is 0.775. The van der Waals surface area contributed by atoms with Crippen molar-refractivity contribution in [2.24, 2.45) is 0 Å². The SMILES string of the molecule is CC.CC.Cc1ccc(-c2nnc(N3CCC(N4CCN(C)CC4)CC3)o2)cn1. The Kier molecular flexibility index (Phi) is 9.54. The topological polar surface area (TPSA) is 61.5 Å². The molecule has 0 atom stereocenters. The number of hydrogen-bond donors (Lipinski definition) is 0. The van der Waals surface area contributed by atoms with Crippen LogP contribution in [0.3, 0.4) is 0 Å². The molecule has 4 rings (SSSR count). The monoisotopic (exact) mass is 402 g/mol. The molecule has 2 aliphatic heterocycles. The number of piperazine rings is 1. The van der Waals surface area contributed by atoms with E-state index in [-0.39, 0.29) is 0 Å². The number of pyridine rings is 1. The zero-order chi connectivity index (χ0) is 21.2. The van der Waals surface area contributed by atoms with Gasteiger partial charge < -0.3 is 14.2 Å². The summed E-state index contributed by atoms with van der Waals surface area (Å²) < 4.78 is 5.89. The van der Waals surface area contributed by atoms with Crippen LogP contribution in [-0.2, 0) is 0 Å². The van der Waals surface area contributed by atoms with Crippen LogP contribution in [0.5, 0.6) is 0 Å². The minimum absolute atomic E-state index is 0.545. The van der Waals surface area contributed by atoms with Crippen molar-refractivity contribution in [1.29, 1.82) is 0 Å². The van der Waals surface area contributed by atoms with Crippen LogP contribution in [0, 0.1) is 6.92 Å². The number of rotatable bonds is 3. The van der Waals surface area contributed by atoms with E-state index in [1.807, 2.05) is 46.8 Å². The van der Waals surface area contributed by atoms with Crippen LogP contribution in [0.15, 0.2) is 22.7 Å². The largest absolute Gasteiger partial charge is 0.403 e. The molecule has 2 aromatic rings. The summed E-state index contributed by atoms with van der Waals surface area (Å²) in [4.78, 5) is 11.6. The number of nitrogens with zero attached hydrogens (tertiary/aromatic N) is 6. The van der Waals surface area contributed by atoms with Gasteiger partial charge in [-0.25, -0.2) is 0 Å². The molecule has 7 nitrogen and oxygen atoms in total. The maximum atomic E-state index is 5.89. The fourth-order valence-electron chi connectivity index (χ4n) is 3.66. The highest BCUT2D eigenvalue weighted by atomic mass is 16.4. The van der Waals surface area contributed by atoms with E-state index in [0.717, 1.165) is 37.2 Å². The number of aryl methyl sites for hydroxylation is 1. The fourth-order valence-corrected chi connectivity index (χ4v) is 3.66. The summed E-state index contributed by atoms with van der Waals surface area (Å²) in [6.45, 7) is 16.7. The van der Waals surface area contributed by atoms with E-state index >= 15 is 0 Å². The second kappa shape index (κ2) is 11.9. The average Bonchev–Trinajstić information content (AvgIpc) is 3.28. The maximum absolute atomic E-state index is 5.89. The van der Waals surface area contributed by atoms with E-state index in [2.05, 4.69) is 36.9 Å². The Labute approximate surface area is 176 Å². The van der Waals surface area contributed by atoms with Crippen molar-refractivity contribution in [1.82, 2.24) is 25.0 Å². The summed E-state index contributed by atoms with van der Waals surface area (Å²) in [6.07, 6.45) is 4.10. The number of likely N-dealkylation sites (N-methyl/N-ethyl adjacent to an activating group) is 1. The van der Waals surface area contributed by atoms with Crippen molar-refractivity contribution >= 4 is 6.01 Å². The number of hydrogen-bond acceptors (Lipinski definition) is 7. The molecule has 7 heteroatoms. The van der Waals surface area contributed by atoms with Gasteiger partial charge in [-0.15, -0.1) is 5.10 Å². The fraction of sp³-hybridized carbons (Fsp3) is 0.682. The Morgan fingerprint density at radius 1 is 0.897 bits per heavy atom. The smallest absolute Gasteiger partial charge is 0.318 e. The lowest BCUT2D eigenvalue weighted by Crippen LogP contribution is -2.52. The Hall–Kier alpha value is -1.99. The second-order valence-corrected chi connectivity index (χ2v) is 7.14. The van der Waals surface area contributed by atoms with Crippen molar-refractivity contribution in [2.75, 3.05) is 51.2 Å². The van der Waals surface area contributed by atoms with Gasteiger partial charge in [-0.3, -0.25) is 9.88 Å². The number of piperidine rings is 1. The zero-order valence-corrected chi connectivity index (χ0v) is 19.1. The average molecular weight is 403 g/mol. The first kappa shape index (κ1) is 23.3. The van der Waals surface area contributed by atoms with Crippen LogP contribution in [0.1, 0.15) is 46.2 Å². The molecule has 0 saturated carbocycles. The second-order valence-electron chi connectivity index (χ2n) is 7.14. The summed E-state index contributed by atoms with van der Waals surface area (Å²) in [5.74, 6) is 0.545. The van der Waals surface area contributed by atoms with Gasteiger partial charge >= 0.3 is 6.01 Å². The highest BCUT2D eigenvalue weighted by molar-refractivity contribution is 5.52. The third-order valence-electron chi connectivity index (χ3n) is 5.36. The minimum Gasteiger partial charge on any atom is -0.403 e. The Morgan fingerprint density at radius 2 is 1.55 bits per heavy atom. The molecule has 0 aliphatic carbocycles.